The number of aromatic nitrogens is 3. The van der Waals surface area contributed by atoms with Crippen molar-refractivity contribution in [3.63, 3.8) is 0 Å². The summed E-state index contributed by atoms with van der Waals surface area (Å²) in [5.41, 5.74) is 1.90. The van der Waals surface area contributed by atoms with Crippen LogP contribution in [0.5, 0.6) is 0 Å². The molecule has 1 aromatic heterocycles. The molecule has 6 nitrogen and oxygen atoms in total. The maximum absolute atomic E-state index is 5.39. The number of methoxy groups -OCH3 is 1. The lowest BCUT2D eigenvalue weighted by Gasteiger charge is -2.04. The fourth-order valence-corrected chi connectivity index (χ4v) is 1.82. The Morgan fingerprint density at radius 1 is 1.14 bits per heavy atom. The molecule has 1 N–H and O–H groups in total. The molecule has 0 aliphatic rings. The molecule has 0 amide bonds. The molecule has 2 rings (SSSR count). The molecular weight excluding hydrogens is 268 g/mol. The molecule has 0 atom stereocenters. The molecule has 6 heteroatoms. The highest BCUT2D eigenvalue weighted by Gasteiger charge is 2.01. The summed E-state index contributed by atoms with van der Waals surface area (Å²) in [5, 5.41) is 12.0. The van der Waals surface area contributed by atoms with Crippen LogP contribution in [-0.2, 0) is 16.0 Å². The average molecular weight is 290 g/mol. The minimum absolute atomic E-state index is 0.649. The molecule has 0 fully saturated rings. The quantitative estimate of drug-likeness (QED) is 0.670. The lowest BCUT2D eigenvalue weighted by Crippen LogP contribution is -2.17. The molecule has 0 unspecified atom stereocenters. The Bertz CT molecular complexity index is 501. The van der Waals surface area contributed by atoms with Crippen molar-refractivity contribution < 1.29 is 9.47 Å². The minimum Gasteiger partial charge on any atom is -0.382 e. The van der Waals surface area contributed by atoms with Crippen molar-refractivity contribution in [2.45, 2.75) is 13.0 Å². The smallest absolute Gasteiger partial charge is 0.0969 e. The number of hydrogen-bond donors (Lipinski definition) is 1. The predicted octanol–water partition coefficient (Wildman–Crippen LogP) is 1.41. The summed E-state index contributed by atoms with van der Waals surface area (Å²) < 4.78 is 10.3. The highest BCUT2D eigenvalue weighted by Crippen LogP contribution is 2.03. The van der Waals surface area contributed by atoms with Crippen molar-refractivity contribution in [1.82, 2.24) is 20.3 Å². The Morgan fingerprint density at radius 2 is 2.00 bits per heavy atom. The lowest BCUT2D eigenvalue weighted by molar-refractivity contribution is 0.0694. The van der Waals surface area contributed by atoms with Gasteiger partial charge in [-0.3, -0.25) is 0 Å². The molecule has 1 heterocycles. The van der Waals surface area contributed by atoms with Gasteiger partial charge in [-0.05, 0) is 25.1 Å². The highest BCUT2D eigenvalue weighted by atomic mass is 16.5. The zero-order valence-electron chi connectivity index (χ0n) is 12.4. The van der Waals surface area contributed by atoms with E-state index in [0.717, 1.165) is 31.0 Å². The van der Waals surface area contributed by atoms with E-state index >= 15 is 0 Å². The fraction of sp³-hybridized carbons (Fsp3) is 0.467. The topological polar surface area (TPSA) is 61.2 Å². The Kier molecular flexibility index (Phi) is 6.87. The number of hydrogen-bond acceptors (Lipinski definition) is 5. The Balaban J connectivity index is 1.63. The Morgan fingerprint density at radius 3 is 2.81 bits per heavy atom. The maximum atomic E-state index is 5.39. The maximum Gasteiger partial charge on any atom is 0.0969 e. The van der Waals surface area contributed by atoms with Gasteiger partial charge >= 0.3 is 0 Å². The van der Waals surface area contributed by atoms with Gasteiger partial charge in [-0.2, -0.15) is 15.0 Å². The molecule has 0 saturated carbocycles. The number of rotatable bonds is 10. The van der Waals surface area contributed by atoms with Crippen LogP contribution >= 0.6 is 0 Å². The molecular formula is C15H22N4O2. The van der Waals surface area contributed by atoms with Crippen LogP contribution in [0.2, 0.25) is 0 Å². The van der Waals surface area contributed by atoms with Gasteiger partial charge in [0.25, 0.3) is 0 Å². The molecule has 114 valence electrons. The first kappa shape index (κ1) is 15.6. The van der Waals surface area contributed by atoms with Crippen LogP contribution in [-0.4, -0.2) is 48.5 Å². The third-order valence-corrected chi connectivity index (χ3v) is 2.91. The summed E-state index contributed by atoms with van der Waals surface area (Å²) in [6.07, 6.45) is 2.76. The van der Waals surface area contributed by atoms with E-state index in [1.54, 1.807) is 18.1 Å². The molecule has 21 heavy (non-hydrogen) atoms. The normalized spacial score (nSPS) is 10.9. The van der Waals surface area contributed by atoms with E-state index < -0.39 is 0 Å². The standard InChI is InChI=1S/C15H22N4O2/c1-20-10-11-21-9-5-8-16-12-14-13-17-19(18-14)15-6-3-2-4-7-15/h2-4,6-7,13,16H,5,8-12H2,1H3. The van der Waals surface area contributed by atoms with Crippen molar-refractivity contribution in [3.05, 3.63) is 42.2 Å². The van der Waals surface area contributed by atoms with Crippen LogP contribution in [0.1, 0.15) is 12.1 Å². The van der Waals surface area contributed by atoms with Crippen molar-refractivity contribution in [2.75, 3.05) is 33.5 Å². The van der Waals surface area contributed by atoms with Crippen LogP contribution in [0.4, 0.5) is 0 Å². The summed E-state index contributed by atoms with van der Waals surface area (Å²) in [5.74, 6) is 0. The zero-order chi connectivity index (χ0) is 14.8. The molecule has 0 bridgehead atoms. The second kappa shape index (κ2) is 9.23. The molecule has 0 aliphatic carbocycles. The predicted molar refractivity (Wildman–Crippen MR) is 80.4 cm³/mol. The first-order valence-corrected chi connectivity index (χ1v) is 7.14. The zero-order valence-corrected chi connectivity index (χ0v) is 12.4. The van der Waals surface area contributed by atoms with E-state index in [4.69, 9.17) is 9.47 Å². The van der Waals surface area contributed by atoms with Crippen LogP contribution < -0.4 is 5.32 Å². The first-order chi connectivity index (χ1) is 10.4. The number of nitrogens with zero attached hydrogens (tertiary/aromatic N) is 3. The van der Waals surface area contributed by atoms with Crippen molar-refractivity contribution in [3.8, 4) is 5.69 Å². The second-order valence-corrected chi connectivity index (χ2v) is 4.60. The number of para-hydroxylation sites is 1. The largest absolute Gasteiger partial charge is 0.382 e. The van der Waals surface area contributed by atoms with Gasteiger partial charge in [-0.15, -0.1) is 0 Å². The van der Waals surface area contributed by atoms with Gasteiger partial charge in [0, 0.05) is 20.3 Å². The van der Waals surface area contributed by atoms with Gasteiger partial charge in [0.1, 0.15) is 0 Å². The number of nitrogens with one attached hydrogen (secondary N) is 1. The highest BCUT2D eigenvalue weighted by molar-refractivity contribution is 5.28. The van der Waals surface area contributed by atoms with Crippen LogP contribution in [0, 0.1) is 0 Å². The second-order valence-electron chi connectivity index (χ2n) is 4.60. The van der Waals surface area contributed by atoms with Gasteiger partial charge in [-0.25, -0.2) is 0 Å². The van der Waals surface area contributed by atoms with Crippen LogP contribution in [0.3, 0.4) is 0 Å². The van der Waals surface area contributed by atoms with Crippen LogP contribution in [0.15, 0.2) is 36.5 Å². The summed E-state index contributed by atoms with van der Waals surface area (Å²) in [7, 11) is 1.67. The number of ether oxygens (including phenoxy) is 2. The van der Waals surface area contributed by atoms with Gasteiger partial charge in [0.15, 0.2) is 0 Å². The van der Waals surface area contributed by atoms with E-state index in [1.165, 1.54) is 0 Å². The lowest BCUT2D eigenvalue weighted by atomic mass is 10.3. The van der Waals surface area contributed by atoms with E-state index in [2.05, 4.69) is 15.5 Å². The molecule has 0 saturated heterocycles. The van der Waals surface area contributed by atoms with Gasteiger partial charge in [-0.1, -0.05) is 18.2 Å². The third-order valence-electron chi connectivity index (χ3n) is 2.91. The van der Waals surface area contributed by atoms with E-state index in [0.29, 0.717) is 19.8 Å². The Labute approximate surface area is 125 Å². The van der Waals surface area contributed by atoms with Crippen molar-refractivity contribution in [2.24, 2.45) is 0 Å². The fourth-order valence-electron chi connectivity index (χ4n) is 1.82. The van der Waals surface area contributed by atoms with Crippen molar-refractivity contribution in [1.29, 1.82) is 0 Å². The van der Waals surface area contributed by atoms with E-state index in [9.17, 15) is 0 Å². The van der Waals surface area contributed by atoms with Gasteiger partial charge in [0.05, 0.1) is 30.8 Å². The van der Waals surface area contributed by atoms with Gasteiger partial charge in [0.2, 0.25) is 0 Å². The van der Waals surface area contributed by atoms with E-state index in [-0.39, 0.29) is 0 Å². The Hall–Kier alpha value is -1.76. The minimum atomic E-state index is 0.649. The molecule has 2 aromatic rings. The SMILES string of the molecule is COCCOCCCNCc1cnn(-c2ccccc2)n1. The van der Waals surface area contributed by atoms with Gasteiger partial charge < -0.3 is 14.8 Å². The monoisotopic (exact) mass is 290 g/mol. The van der Waals surface area contributed by atoms with Crippen LogP contribution in [0.25, 0.3) is 5.69 Å². The van der Waals surface area contributed by atoms with Crippen molar-refractivity contribution >= 4 is 0 Å². The molecule has 0 aliphatic heterocycles. The molecule has 0 spiro atoms. The number of benzene rings is 1. The summed E-state index contributed by atoms with van der Waals surface area (Å²) >= 11 is 0. The molecule has 0 radical (unpaired) electrons. The molecule has 1 aromatic carbocycles. The summed E-state index contributed by atoms with van der Waals surface area (Å²) in [6.45, 7) is 3.65. The summed E-state index contributed by atoms with van der Waals surface area (Å²) in [4.78, 5) is 1.64. The third kappa shape index (κ3) is 5.63. The first-order valence-electron chi connectivity index (χ1n) is 7.14. The average Bonchev–Trinajstić information content (AvgIpc) is 3.00. The summed E-state index contributed by atoms with van der Waals surface area (Å²) in [6, 6.07) is 9.88. The van der Waals surface area contributed by atoms with E-state index in [1.807, 2.05) is 30.3 Å².